The van der Waals surface area contributed by atoms with Crippen molar-refractivity contribution < 1.29 is 19.0 Å². The lowest BCUT2D eigenvalue weighted by Crippen LogP contribution is -2.05. The Balaban J connectivity index is 1.92. The van der Waals surface area contributed by atoms with Gasteiger partial charge in [0, 0.05) is 17.9 Å². The summed E-state index contributed by atoms with van der Waals surface area (Å²) in [4.78, 5) is 16.1. The molecule has 7 heteroatoms. The van der Waals surface area contributed by atoms with Crippen molar-refractivity contribution in [3.63, 3.8) is 0 Å². The van der Waals surface area contributed by atoms with E-state index >= 15 is 0 Å². The number of allylic oxidation sites excluding steroid dienone is 1. The maximum Gasteiger partial charge on any atom is 0.308 e. The highest BCUT2D eigenvalue weighted by atomic mass is 32.1. The molecule has 0 N–H and O–H groups in total. The average molecular weight is 463 g/mol. The summed E-state index contributed by atoms with van der Waals surface area (Å²) < 4.78 is 16.0. The summed E-state index contributed by atoms with van der Waals surface area (Å²) in [5.74, 6) is 0.968. The number of nitriles is 1. The van der Waals surface area contributed by atoms with Gasteiger partial charge in [0.25, 0.3) is 0 Å². The molecule has 33 heavy (non-hydrogen) atoms. The summed E-state index contributed by atoms with van der Waals surface area (Å²) >= 11 is 1.41. The highest BCUT2D eigenvalue weighted by molar-refractivity contribution is 7.11. The summed E-state index contributed by atoms with van der Waals surface area (Å²) in [6.07, 6.45) is 2.74. The maximum atomic E-state index is 11.4. The fourth-order valence-corrected chi connectivity index (χ4v) is 4.14. The number of esters is 1. The van der Waals surface area contributed by atoms with Gasteiger partial charge < -0.3 is 14.2 Å². The maximum absolute atomic E-state index is 11.4. The Labute approximate surface area is 198 Å². The topological polar surface area (TPSA) is 81.4 Å². The third-order valence-electron chi connectivity index (χ3n) is 4.79. The van der Waals surface area contributed by atoms with Crippen LogP contribution in [-0.2, 0) is 11.2 Å². The Morgan fingerprint density at radius 2 is 1.79 bits per heavy atom. The van der Waals surface area contributed by atoms with Gasteiger partial charge >= 0.3 is 5.97 Å². The molecule has 0 aliphatic carbocycles. The molecule has 2 aromatic carbocycles. The summed E-state index contributed by atoms with van der Waals surface area (Å²) in [6, 6.07) is 14.0. The number of aromatic nitrogens is 1. The minimum Gasteiger partial charge on any atom is -0.493 e. The van der Waals surface area contributed by atoms with Crippen LogP contribution in [0.15, 0.2) is 41.8 Å². The Morgan fingerprint density at radius 1 is 1.15 bits per heavy atom. The first-order chi connectivity index (χ1) is 15.8. The number of benzene rings is 2. The first-order valence-corrected chi connectivity index (χ1v) is 11.3. The standard InChI is InChI=1S/C26H26N2O4S/c1-16(2)10-18-6-8-20(9-7-18)22-15-33-26(28-22)21(14-27)11-19-12-23(30-4)25(32-17(3)29)24(13-19)31-5/h6-9,11-13,15-16H,10H2,1-5H3/b21-11+. The van der Waals surface area contributed by atoms with Crippen LogP contribution in [0.3, 0.4) is 0 Å². The third-order valence-corrected chi connectivity index (χ3v) is 5.66. The lowest BCUT2D eigenvalue weighted by atomic mass is 10.0. The summed E-state index contributed by atoms with van der Waals surface area (Å²) in [6.45, 7) is 5.70. The molecule has 0 atom stereocenters. The van der Waals surface area contributed by atoms with Crippen LogP contribution in [-0.4, -0.2) is 25.2 Å². The van der Waals surface area contributed by atoms with Gasteiger partial charge in [-0.1, -0.05) is 38.1 Å². The van der Waals surface area contributed by atoms with Gasteiger partial charge in [0.05, 0.1) is 25.5 Å². The molecule has 0 aliphatic rings. The van der Waals surface area contributed by atoms with Crippen molar-refractivity contribution in [1.82, 2.24) is 4.98 Å². The number of carbonyl (C=O) groups excluding carboxylic acids is 1. The van der Waals surface area contributed by atoms with E-state index in [1.807, 2.05) is 5.38 Å². The van der Waals surface area contributed by atoms with E-state index in [1.165, 1.54) is 38.0 Å². The highest BCUT2D eigenvalue weighted by Crippen LogP contribution is 2.39. The van der Waals surface area contributed by atoms with Gasteiger partial charge in [-0.2, -0.15) is 5.26 Å². The number of ether oxygens (including phenoxy) is 3. The number of nitrogens with zero attached hydrogens (tertiary/aromatic N) is 2. The molecule has 0 spiro atoms. The van der Waals surface area contributed by atoms with Crippen LogP contribution in [0.5, 0.6) is 17.2 Å². The number of hydrogen-bond acceptors (Lipinski definition) is 7. The quantitative estimate of drug-likeness (QED) is 0.231. The van der Waals surface area contributed by atoms with Crippen molar-refractivity contribution >= 4 is 29.0 Å². The van der Waals surface area contributed by atoms with Crippen molar-refractivity contribution in [2.24, 2.45) is 5.92 Å². The molecule has 0 amide bonds. The van der Waals surface area contributed by atoms with Crippen LogP contribution in [0.1, 0.15) is 36.9 Å². The van der Waals surface area contributed by atoms with Crippen LogP contribution in [0.4, 0.5) is 0 Å². The van der Waals surface area contributed by atoms with E-state index in [2.05, 4.69) is 49.2 Å². The van der Waals surface area contributed by atoms with Gasteiger partial charge in [-0.25, -0.2) is 4.98 Å². The third kappa shape index (κ3) is 5.99. The molecule has 1 aromatic heterocycles. The van der Waals surface area contributed by atoms with Gasteiger partial charge in [0.1, 0.15) is 11.1 Å². The molecule has 1 heterocycles. The van der Waals surface area contributed by atoms with Crippen LogP contribution >= 0.6 is 11.3 Å². The first kappa shape index (κ1) is 24.0. The van der Waals surface area contributed by atoms with Gasteiger partial charge in [0.2, 0.25) is 5.75 Å². The molecule has 3 rings (SSSR count). The van der Waals surface area contributed by atoms with Crippen molar-refractivity contribution in [3.05, 3.63) is 57.9 Å². The second kappa shape index (κ2) is 10.8. The lowest BCUT2D eigenvalue weighted by Gasteiger charge is -2.13. The van der Waals surface area contributed by atoms with E-state index in [1.54, 1.807) is 18.2 Å². The fraction of sp³-hybridized carbons (Fsp3) is 0.269. The highest BCUT2D eigenvalue weighted by Gasteiger charge is 2.17. The second-order valence-corrected chi connectivity index (χ2v) is 8.71. The molecule has 0 fully saturated rings. The molecular formula is C26H26N2O4S. The summed E-state index contributed by atoms with van der Waals surface area (Å²) in [5.41, 5.74) is 4.20. The summed E-state index contributed by atoms with van der Waals surface area (Å²) in [5, 5.41) is 12.3. The van der Waals surface area contributed by atoms with Crippen molar-refractivity contribution in [2.75, 3.05) is 14.2 Å². The molecule has 0 unspecified atom stereocenters. The van der Waals surface area contributed by atoms with Crippen molar-refractivity contribution in [2.45, 2.75) is 27.2 Å². The molecule has 0 radical (unpaired) electrons. The smallest absolute Gasteiger partial charge is 0.308 e. The van der Waals surface area contributed by atoms with Crippen LogP contribution in [0, 0.1) is 17.2 Å². The number of hydrogen-bond donors (Lipinski definition) is 0. The van der Waals surface area contributed by atoms with E-state index in [4.69, 9.17) is 14.2 Å². The molecule has 0 bridgehead atoms. The zero-order valence-electron chi connectivity index (χ0n) is 19.3. The molecular weight excluding hydrogens is 436 g/mol. The number of thiazole rings is 1. The molecule has 0 saturated heterocycles. The molecule has 0 aliphatic heterocycles. The van der Waals surface area contributed by atoms with Gasteiger partial charge in [-0.05, 0) is 41.7 Å². The lowest BCUT2D eigenvalue weighted by molar-refractivity contribution is -0.132. The molecule has 0 saturated carbocycles. The van der Waals surface area contributed by atoms with Gasteiger partial charge in [-0.15, -0.1) is 11.3 Å². The molecule has 170 valence electrons. The average Bonchev–Trinajstić information content (AvgIpc) is 3.27. The van der Waals surface area contributed by atoms with Crippen LogP contribution in [0.2, 0.25) is 0 Å². The Morgan fingerprint density at radius 3 is 2.30 bits per heavy atom. The fourth-order valence-electron chi connectivity index (χ4n) is 3.35. The minimum atomic E-state index is -0.486. The molecule has 6 nitrogen and oxygen atoms in total. The van der Waals surface area contributed by atoms with E-state index in [0.29, 0.717) is 33.6 Å². The van der Waals surface area contributed by atoms with Gasteiger partial charge in [0.15, 0.2) is 11.5 Å². The monoisotopic (exact) mass is 462 g/mol. The van der Waals surface area contributed by atoms with E-state index in [0.717, 1.165) is 17.7 Å². The van der Waals surface area contributed by atoms with Crippen molar-refractivity contribution in [3.8, 4) is 34.6 Å². The number of rotatable bonds is 8. The Bertz CT molecular complexity index is 1180. The largest absolute Gasteiger partial charge is 0.493 e. The SMILES string of the molecule is COc1cc(/C=C(\C#N)c2nc(-c3ccc(CC(C)C)cc3)cs2)cc(OC)c1OC(C)=O. The van der Waals surface area contributed by atoms with Gasteiger partial charge in [-0.3, -0.25) is 4.79 Å². The van der Waals surface area contributed by atoms with Crippen LogP contribution < -0.4 is 14.2 Å². The van der Waals surface area contributed by atoms with Crippen LogP contribution in [0.25, 0.3) is 22.9 Å². The van der Waals surface area contributed by atoms with E-state index < -0.39 is 5.97 Å². The Kier molecular flexibility index (Phi) is 7.86. The predicted molar refractivity (Wildman–Crippen MR) is 130 cm³/mol. The normalized spacial score (nSPS) is 11.2. The minimum absolute atomic E-state index is 0.195. The molecule has 3 aromatic rings. The predicted octanol–water partition coefficient (Wildman–Crippen LogP) is 6.02. The first-order valence-electron chi connectivity index (χ1n) is 10.5. The number of carbonyl (C=O) groups is 1. The second-order valence-electron chi connectivity index (χ2n) is 7.85. The van der Waals surface area contributed by atoms with E-state index in [9.17, 15) is 10.1 Å². The summed E-state index contributed by atoms with van der Waals surface area (Å²) in [7, 11) is 2.94. The van der Waals surface area contributed by atoms with Crippen molar-refractivity contribution in [1.29, 1.82) is 5.26 Å². The Hall–Kier alpha value is -3.63. The zero-order valence-corrected chi connectivity index (χ0v) is 20.2. The van der Waals surface area contributed by atoms with E-state index in [-0.39, 0.29) is 5.75 Å². The zero-order chi connectivity index (χ0) is 24.0. The number of methoxy groups -OCH3 is 2.